The number of amides is 1. The van der Waals surface area contributed by atoms with E-state index >= 15 is 0 Å². The number of nitrogens with one attached hydrogen (secondary N) is 1. The lowest BCUT2D eigenvalue weighted by Gasteiger charge is -2.10. The van der Waals surface area contributed by atoms with E-state index in [4.69, 9.17) is 16.3 Å². The van der Waals surface area contributed by atoms with Gasteiger partial charge in [-0.1, -0.05) is 35.9 Å². The van der Waals surface area contributed by atoms with Gasteiger partial charge in [-0.05, 0) is 70.0 Å². The fourth-order valence-electron chi connectivity index (χ4n) is 2.61. The normalized spacial score (nSPS) is 10.9. The van der Waals surface area contributed by atoms with Crippen LogP contribution in [-0.4, -0.2) is 12.5 Å². The predicted molar refractivity (Wildman–Crippen MR) is 120 cm³/mol. The van der Waals surface area contributed by atoms with Crippen molar-refractivity contribution in [1.29, 1.82) is 5.26 Å². The van der Waals surface area contributed by atoms with Gasteiger partial charge in [-0.25, -0.2) is 4.39 Å². The van der Waals surface area contributed by atoms with Crippen LogP contribution in [0.15, 0.2) is 71.2 Å². The summed E-state index contributed by atoms with van der Waals surface area (Å²) in [5.41, 5.74) is 2.32. The Hall–Kier alpha value is -3.14. The first-order valence-electron chi connectivity index (χ1n) is 8.81. The number of hydrogen-bond acceptors (Lipinski definition) is 3. The van der Waals surface area contributed by atoms with E-state index in [0.29, 0.717) is 32.1 Å². The molecule has 0 heterocycles. The zero-order chi connectivity index (χ0) is 21.5. The number of allylic oxidation sites excluding steroid dienone is 1. The van der Waals surface area contributed by atoms with Gasteiger partial charge in [0.15, 0.2) is 6.61 Å². The van der Waals surface area contributed by atoms with Crippen LogP contribution in [0.1, 0.15) is 11.1 Å². The lowest BCUT2D eigenvalue weighted by atomic mass is 10.0. The molecule has 3 rings (SSSR count). The van der Waals surface area contributed by atoms with Crippen LogP contribution in [0.5, 0.6) is 5.75 Å². The first kappa shape index (κ1) is 21.6. The molecule has 0 aliphatic heterocycles. The molecule has 0 radical (unpaired) electrons. The Bertz CT molecular complexity index is 1140. The van der Waals surface area contributed by atoms with Crippen LogP contribution < -0.4 is 10.1 Å². The lowest BCUT2D eigenvalue weighted by Crippen LogP contribution is -2.20. The second-order valence-corrected chi connectivity index (χ2v) is 7.44. The molecule has 0 aliphatic rings. The number of carbonyl (C=O) groups is 1. The Kier molecular flexibility index (Phi) is 7.23. The third-order valence-electron chi connectivity index (χ3n) is 4.04. The molecular formula is C23H15BrClFN2O2. The average molecular weight is 486 g/mol. The van der Waals surface area contributed by atoms with Crippen molar-refractivity contribution in [3.05, 3.63) is 93.2 Å². The fourth-order valence-corrected chi connectivity index (χ4v) is 3.36. The number of benzene rings is 3. The highest BCUT2D eigenvalue weighted by Crippen LogP contribution is 2.29. The Morgan fingerprint density at radius 2 is 1.90 bits per heavy atom. The second kappa shape index (κ2) is 10.1. The maximum atomic E-state index is 12.9. The Morgan fingerprint density at radius 1 is 1.17 bits per heavy atom. The van der Waals surface area contributed by atoms with E-state index in [9.17, 15) is 14.4 Å². The molecule has 3 aromatic carbocycles. The van der Waals surface area contributed by atoms with Gasteiger partial charge in [0.25, 0.3) is 5.91 Å². The highest BCUT2D eigenvalue weighted by Gasteiger charge is 2.09. The Morgan fingerprint density at radius 3 is 2.57 bits per heavy atom. The van der Waals surface area contributed by atoms with Gasteiger partial charge in [0.2, 0.25) is 0 Å². The largest absolute Gasteiger partial charge is 0.483 e. The molecule has 0 saturated carbocycles. The first-order valence-corrected chi connectivity index (χ1v) is 9.98. The molecule has 7 heteroatoms. The maximum Gasteiger partial charge on any atom is 0.262 e. The minimum absolute atomic E-state index is 0.214. The average Bonchev–Trinajstić information content (AvgIpc) is 2.73. The summed E-state index contributed by atoms with van der Waals surface area (Å²) >= 11 is 9.60. The predicted octanol–water partition coefficient (Wildman–Crippen LogP) is 6.32. The number of halogens is 3. The van der Waals surface area contributed by atoms with Crippen molar-refractivity contribution in [1.82, 2.24) is 0 Å². The smallest absolute Gasteiger partial charge is 0.262 e. The van der Waals surface area contributed by atoms with E-state index in [1.54, 1.807) is 42.5 Å². The van der Waals surface area contributed by atoms with Crippen LogP contribution in [0.3, 0.4) is 0 Å². The van der Waals surface area contributed by atoms with Gasteiger partial charge in [-0.3, -0.25) is 4.79 Å². The number of nitrogens with zero attached hydrogens (tertiary/aromatic N) is 1. The van der Waals surface area contributed by atoms with Gasteiger partial charge < -0.3 is 10.1 Å². The van der Waals surface area contributed by atoms with E-state index < -0.39 is 0 Å². The van der Waals surface area contributed by atoms with Crippen LogP contribution in [0.2, 0.25) is 5.02 Å². The van der Waals surface area contributed by atoms with Gasteiger partial charge in [0, 0.05) is 16.3 Å². The number of ether oxygens (including phenoxy) is 1. The summed E-state index contributed by atoms with van der Waals surface area (Å²) in [7, 11) is 0. The first-order chi connectivity index (χ1) is 14.5. The van der Waals surface area contributed by atoms with Crippen molar-refractivity contribution in [2.24, 2.45) is 0 Å². The zero-order valence-electron chi connectivity index (χ0n) is 15.5. The van der Waals surface area contributed by atoms with Crippen molar-refractivity contribution >= 4 is 50.8 Å². The molecule has 0 atom stereocenters. The summed E-state index contributed by atoms with van der Waals surface area (Å²) in [6.45, 7) is -0.214. The summed E-state index contributed by atoms with van der Waals surface area (Å²) in [6, 6.07) is 20.0. The van der Waals surface area contributed by atoms with Crippen molar-refractivity contribution in [3.8, 4) is 11.8 Å². The number of carbonyl (C=O) groups excluding carboxylic acids is 1. The molecule has 0 aromatic heterocycles. The van der Waals surface area contributed by atoms with Crippen molar-refractivity contribution in [2.75, 3.05) is 11.9 Å². The molecule has 0 bridgehead atoms. The summed E-state index contributed by atoms with van der Waals surface area (Å²) in [5, 5.41) is 12.6. The number of anilines is 1. The molecule has 3 aromatic rings. The molecule has 0 aliphatic carbocycles. The molecular weight excluding hydrogens is 471 g/mol. The summed E-state index contributed by atoms with van der Waals surface area (Å²) in [5.74, 6) is -0.281. The summed E-state index contributed by atoms with van der Waals surface area (Å²) < 4.78 is 19.1. The van der Waals surface area contributed by atoms with Gasteiger partial charge >= 0.3 is 0 Å². The lowest BCUT2D eigenvalue weighted by molar-refractivity contribution is -0.118. The van der Waals surface area contributed by atoms with Crippen LogP contribution >= 0.6 is 27.5 Å². The molecule has 1 amide bonds. The van der Waals surface area contributed by atoms with E-state index in [2.05, 4.69) is 27.3 Å². The van der Waals surface area contributed by atoms with Crippen LogP contribution in [0.25, 0.3) is 11.6 Å². The van der Waals surface area contributed by atoms with Crippen molar-refractivity contribution < 1.29 is 13.9 Å². The van der Waals surface area contributed by atoms with Crippen LogP contribution in [0.4, 0.5) is 10.1 Å². The molecule has 0 spiro atoms. The molecule has 150 valence electrons. The highest BCUT2D eigenvalue weighted by atomic mass is 79.9. The molecule has 0 saturated heterocycles. The highest BCUT2D eigenvalue weighted by molar-refractivity contribution is 9.10. The summed E-state index contributed by atoms with van der Waals surface area (Å²) in [6.07, 6.45) is 1.72. The van der Waals surface area contributed by atoms with Gasteiger partial charge in [-0.15, -0.1) is 0 Å². The van der Waals surface area contributed by atoms with Gasteiger partial charge in [0.05, 0.1) is 16.1 Å². The molecule has 30 heavy (non-hydrogen) atoms. The third-order valence-corrected chi connectivity index (χ3v) is 4.99. The zero-order valence-corrected chi connectivity index (χ0v) is 17.9. The van der Waals surface area contributed by atoms with E-state index in [0.717, 1.165) is 5.56 Å². The maximum absolute atomic E-state index is 12.9. The monoisotopic (exact) mass is 484 g/mol. The Labute approximate surface area is 186 Å². The Balaban J connectivity index is 1.67. The molecule has 0 fully saturated rings. The molecule has 0 unspecified atom stereocenters. The number of rotatable bonds is 6. The fraction of sp³-hybridized carbons (Fsp3) is 0.0435. The number of hydrogen-bond donors (Lipinski definition) is 1. The minimum Gasteiger partial charge on any atom is -0.483 e. The number of nitriles is 1. The van der Waals surface area contributed by atoms with Crippen molar-refractivity contribution in [3.63, 3.8) is 0 Å². The van der Waals surface area contributed by atoms with Crippen LogP contribution in [0, 0.1) is 17.1 Å². The molecule has 1 N–H and O–H groups in total. The third kappa shape index (κ3) is 5.69. The standard InChI is InChI=1S/C23H15BrClFN2O2/c24-20-12-15(11-16(13-27)19-3-1-2-4-21(19)25)5-10-22(20)30-14-23(29)28-18-8-6-17(26)7-9-18/h1-12H,14H2,(H,28,29). The van der Waals surface area contributed by atoms with Gasteiger partial charge in [-0.2, -0.15) is 5.26 Å². The summed E-state index contributed by atoms with van der Waals surface area (Å²) in [4.78, 5) is 12.0. The second-order valence-electron chi connectivity index (χ2n) is 6.18. The van der Waals surface area contributed by atoms with E-state index in [-0.39, 0.29) is 18.3 Å². The molecule has 4 nitrogen and oxygen atoms in total. The quantitative estimate of drug-likeness (QED) is 0.328. The SMILES string of the molecule is N#CC(=Cc1ccc(OCC(=O)Nc2ccc(F)cc2)c(Br)c1)c1ccccc1Cl. The van der Waals surface area contributed by atoms with E-state index in [1.165, 1.54) is 24.3 Å². The minimum atomic E-state index is -0.378. The van der Waals surface area contributed by atoms with Crippen LogP contribution in [-0.2, 0) is 4.79 Å². The topological polar surface area (TPSA) is 62.1 Å². The van der Waals surface area contributed by atoms with Crippen molar-refractivity contribution in [2.45, 2.75) is 0 Å². The van der Waals surface area contributed by atoms with Gasteiger partial charge in [0.1, 0.15) is 11.6 Å². The van der Waals surface area contributed by atoms with E-state index in [1.807, 2.05) is 6.07 Å².